The van der Waals surface area contributed by atoms with E-state index in [0.29, 0.717) is 5.56 Å². The SMILES string of the molecule is O=S(=O)(NCc1cccc(-c2[nH]ncc2-c2ccncc2)c1)c1ccc(C(F)(F)F)cc1. The second-order valence-electron chi connectivity index (χ2n) is 6.94. The van der Waals surface area contributed by atoms with Crippen molar-refractivity contribution in [1.82, 2.24) is 19.9 Å². The summed E-state index contributed by atoms with van der Waals surface area (Å²) in [6.07, 6.45) is 0.528. The third kappa shape index (κ3) is 4.71. The average Bonchev–Trinajstić information content (AvgIpc) is 3.28. The first-order valence-electron chi connectivity index (χ1n) is 9.44. The van der Waals surface area contributed by atoms with E-state index in [-0.39, 0.29) is 11.4 Å². The lowest BCUT2D eigenvalue weighted by Gasteiger charge is -2.10. The van der Waals surface area contributed by atoms with Gasteiger partial charge in [0, 0.05) is 30.1 Å². The van der Waals surface area contributed by atoms with Crippen LogP contribution in [0.4, 0.5) is 13.2 Å². The molecule has 2 N–H and O–H groups in total. The molecular formula is C22H17F3N4O2S. The zero-order valence-corrected chi connectivity index (χ0v) is 17.3. The van der Waals surface area contributed by atoms with Crippen LogP contribution in [0.3, 0.4) is 0 Å². The largest absolute Gasteiger partial charge is 0.416 e. The lowest BCUT2D eigenvalue weighted by molar-refractivity contribution is -0.137. The standard InChI is InChI=1S/C22H17F3N4O2S/c23-22(24,25)18-4-6-19(7-5-18)32(30,31)28-13-15-2-1-3-17(12-15)21-20(14-27-29-21)16-8-10-26-11-9-16/h1-12,14,28H,13H2,(H,27,29). The first kappa shape index (κ1) is 21.7. The summed E-state index contributed by atoms with van der Waals surface area (Å²) in [5, 5.41) is 7.08. The predicted molar refractivity (Wildman–Crippen MR) is 113 cm³/mol. The van der Waals surface area contributed by atoms with Crippen molar-refractivity contribution < 1.29 is 21.6 Å². The zero-order valence-electron chi connectivity index (χ0n) is 16.5. The van der Waals surface area contributed by atoms with Crippen molar-refractivity contribution >= 4 is 10.0 Å². The maximum Gasteiger partial charge on any atom is 0.416 e. The van der Waals surface area contributed by atoms with E-state index in [4.69, 9.17) is 0 Å². The molecule has 0 aliphatic carbocycles. The highest BCUT2D eigenvalue weighted by Crippen LogP contribution is 2.31. The summed E-state index contributed by atoms with van der Waals surface area (Å²) < 4.78 is 65.5. The molecule has 0 aliphatic heterocycles. The fourth-order valence-corrected chi connectivity index (χ4v) is 4.20. The van der Waals surface area contributed by atoms with Gasteiger partial charge in [0.2, 0.25) is 10.0 Å². The number of sulfonamides is 1. The molecule has 10 heteroatoms. The molecule has 0 saturated heterocycles. The Morgan fingerprint density at radius 3 is 2.34 bits per heavy atom. The second-order valence-corrected chi connectivity index (χ2v) is 8.71. The highest BCUT2D eigenvalue weighted by atomic mass is 32.2. The van der Waals surface area contributed by atoms with Gasteiger partial charge in [-0.05, 0) is 53.6 Å². The molecule has 0 unspecified atom stereocenters. The van der Waals surface area contributed by atoms with E-state index >= 15 is 0 Å². The van der Waals surface area contributed by atoms with Crippen molar-refractivity contribution in [2.45, 2.75) is 17.6 Å². The molecule has 32 heavy (non-hydrogen) atoms. The Hall–Kier alpha value is -3.50. The van der Waals surface area contributed by atoms with Crippen molar-refractivity contribution in [3.63, 3.8) is 0 Å². The number of benzene rings is 2. The topological polar surface area (TPSA) is 87.7 Å². The number of nitrogens with zero attached hydrogens (tertiary/aromatic N) is 2. The van der Waals surface area contributed by atoms with E-state index in [1.165, 1.54) is 0 Å². The van der Waals surface area contributed by atoms with Crippen LogP contribution in [0.5, 0.6) is 0 Å². The van der Waals surface area contributed by atoms with Gasteiger partial charge in [-0.1, -0.05) is 18.2 Å². The predicted octanol–water partition coefficient (Wildman–Crippen LogP) is 4.64. The van der Waals surface area contributed by atoms with Gasteiger partial charge in [0.05, 0.1) is 22.3 Å². The van der Waals surface area contributed by atoms with Crippen LogP contribution in [0.25, 0.3) is 22.4 Å². The summed E-state index contributed by atoms with van der Waals surface area (Å²) in [4.78, 5) is 3.77. The van der Waals surface area contributed by atoms with Gasteiger partial charge in [-0.3, -0.25) is 10.1 Å². The zero-order chi connectivity index (χ0) is 22.8. The molecule has 0 saturated carbocycles. The summed E-state index contributed by atoms with van der Waals surface area (Å²) >= 11 is 0. The molecule has 4 rings (SSSR count). The van der Waals surface area contributed by atoms with Crippen molar-refractivity contribution in [3.8, 4) is 22.4 Å². The Balaban J connectivity index is 1.53. The number of rotatable bonds is 6. The minimum atomic E-state index is -4.53. The van der Waals surface area contributed by atoms with Gasteiger partial charge in [0.1, 0.15) is 0 Å². The van der Waals surface area contributed by atoms with Crippen LogP contribution in [0.1, 0.15) is 11.1 Å². The van der Waals surface area contributed by atoms with E-state index < -0.39 is 21.8 Å². The lowest BCUT2D eigenvalue weighted by Crippen LogP contribution is -2.23. The normalized spacial score (nSPS) is 12.1. The number of aromatic amines is 1. The first-order valence-corrected chi connectivity index (χ1v) is 10.9. The number of alkyl halides is 3. The molecule has 0 fully saturated rings. The number of H-pyrrole nitrogens is 1. The number of halogens is 3. The lowest BCUT2D eigenvalue weighted by atomic mass is 10.0. The Morgan fingerprint density at radius 2 is 1.66 bits per heavy atom. The van der Waals surface area contributed by atoms with Crippen molar-refractivity contribution in [3.05, 3.63) is 90.4 Å². The van der Waals surface area contributed by atoms with Crippen LogP contribution in [-0.4, -0.2) is 23.6 Å². The fraction of sp³-hybridized carbons (Fsp3) is 0.0909. The maximum atomic E-state index is 12.7. The quantitative estimate of drug-likeness (QED) is 0.441. The number of pyridine rings is 1. The minimum Gasteiger partial charge on any atom is -0.277 e. The number of hydrogen-bond acceptors (Lipinski definition) is 4. The fourth-order valence-electron chi connectivity index (χ4n) is 3.18. The molecule has 0 amide bonds. The van der Waals surface area contributed by atoms with E-state index in [9.17, 15) is 21.6 Å². The summed E-state index contributed by atoms with van der Waals surface area (Å²) in [6.45, 7) is -0.0318. The smallest absolute Gasteiger partial charge is 0.277 e. The molecule has 4 aromatic rings. The second kappa shape index (κ2) is 8.56. The monoisotopic (exact) mass is 458 g/mol. The van der Waals surface area contributed by atoms with Crippen LogP contribution >= 0.6 is 0 Å². The summed E-state index contributed by atoms with van der Waals surface area (Å²) in [6, 6.07) is 14.3. The van der Waals surface area contributed by atoms with Gasteiger partial charge in [-0.15, -0.1) is 0 Å². The van der Waals surface area contributed by atoms with Gasteiger partial charge in [0.15, 0.2) is 0 Å². The number of aromatic nitrogens is 3. The third-order valence-electron chi connectivity index (χ3n) is 4.80. The molecule has 0 atom stereocenters. The van der Waals surface area contributed by atoms with Crippen LogP contribution < -0.4 is 4.72 Å². The van der Waals surface area contributed by atoms with Gasteiger partial charge < -0.3 is 0 Å². The average molecular weight is 458 g/mol. The van der Waals surface area contributed by atoms with Gasteiger partial charge in [0.25, 0.3) is 0 Å². The summed E-state index contributed by atoms with van der Waals surface area (Å²) in [5.41, 5.74) is 3.14. The first-order chi connectivity index (χ1) is 15.2. The van der Waals surface area contributed by atoms with Gasteiger partial charge in [-0.2, -0.15) is 18.3 Å². The maximum absolute atomic E-state index is 12.7. The highest BCUT2D eigenvalue weighted by molar-refractivity contribution is 7.89. The van der Waals surface area contributed by atoms with Crippen LogP contribution in [0.15, 0.2) is 84.1 Å². The molecule has 164 valence electrons. The molecule has 2 aromatic carbocycles. The van der Waals surface area contributed by atoms with E-state index in [0.717, 1.165) is 46.6 Å². The van der Waals surface area contributed by atoms with Crippen molar-refractivity contribution in [2.75, 3.05) is 0 Å². The molecule has 2 heterocycles. The highest BCUT2D eigenvalue weighted by Gasteiger charge is 2.30. The Morgan fingerprint density at radius 1 is 0.938 bits per heavy atom. The molecule has 0 spiro atoms. The van der Waals surface area contributed by atoms with E-state index in [2.05, 4.69) is 19.9 Å². The minimum absolute atomic E-state index is 0.0318. The molecule has 0 bridgehead atoms. The summed E-state index contributed by atoms with van der Waals surface area (Å²) in [7, 11) is -3.98. The molecular weight excluding hydrogens is 441 g/mol. The Bertz CT molecular complexity index is 1320. The van der Waals surface area contributed by atoms with E-state index in [1.54, 1.807) is 30.7 Å². The van der Waals surface area contributed by atoms with E-state index in [1.807, 2.05) is 24.3 Å². The summed E-state index contributed by atoms with van der Waals surface area (Å²) in [5.74, 6) is 0. The Kier molecular flexibility index (Phi) is 5.81. The third-order valence-corrected chi connectivity index (χ3v) is 6.22. The van der Waals surface area contributed by atoms with Crippen LogP contribution in [0, 0.1) is 0 Å². The van der Waals surface area contributed by atoms with Crippen molar-refractivity contribution in [2.24, 2.45) is 0 Å². The van der Waals surface area contributed by atoms with Gasteiger partial charge in [-0.25, -0.2) is 13.1 Å². The van der Waals surface area contributed by atoms with Crippen LogP contribution in [-0.2, 0) is 22.7 Å². The van der Waals surface area contributed by atoms with Crippen molar-refractivity contribution in [1.29, 1.82) is 0 Å². The number of nitrogens with one attached hydrogen (secondary N) is 2. The molecule has 2 aromatic heterocycles. The van der Waals surface area contributed by atoms with Gasteiger partial charge >= 0.3 is 6.18 Å². The van der Waals surface area contributed by atoms with Crippen LogP contribution in [0.2, 0.25) is 0 Å². The molecule has 0 radical (unpaired) electrons. The number of hydrogen-bond donors (Lipinski definition) is 2. The molecule has 6 nitrogen and oxygen atoms in total. The Labute approximate surface area is 182 Å². The molecule has 0 aliphatic rings.